The van der Waals surface area contributed by atoms with Crippen molar-refractivity contribution >= 4 is 58.0 Å². The van der Waals surface area contributed by atoms with E-state index in [1.54, 1.807) is 0 Å². The lowest BCUT2D eigenvalue weighted by Gasteiger charge is -2.07. The van der Waals surface area contributed by atoms with E-state index >= 15 is 0 Å². The first-order valence-electron chi connectivity index (χ1n) is 2.13. The molecule has 0 aromatic carbocycles. The Balaban J connectivity index is 3.15. The summed E-state index contributed by atoms with van der Waals surface area (Å²) in [5.41, 5.74) is 0. The van der Waals surface area contributed by atoms with Crippen LogP contribution < -0.4 is 0 Å². The molecule has 0 aliphatic carbocycles. The fourth-order valence-electron chi connectivity index (χ4n) is 0.283. The Bertz CT molecular complexity index is 48.6. The molecule has 0 aliphatic heterocycles. The summed E-state index contributed by atoms with van der Waals surface area (Å²) in [5, 5.41) is 0. The first kappa shape index (κ1) is 8.66. The smallest absolute Gasteiger partial charge is 0.0629 e. The van der Waals surface area contributed by atoms with Gasteiger partial charge in [0.1, 0.15) is 2.14 Å². The minimum Gasteiger partial charge on any atom is -0.0629 e. The zero-order valence-electron chi connectivity index (χ0n) is 4.05. The second kappa shape index (κ2) is 3.64. The fraction of sp³-hybridized carbons (Fsp3) is 1.00. The van der Waals surface area contributed by atoms with E-state index in [1.165, 1.54) is 16.3 Å². The molecule has 0 bridgehead atoms. The molecule has 0 rings (SSSR count). The van der Waals surface area contributed by atoms with Crippen molar-refractivity contribution in [2.45, 2.75) is 14.6 Å². The topological polar surface area (TPSA) is 0 Å². The van der Waals surface area contributed by atoms with Gasteiger partial charge in [0, 0.05) is 10.2 Å². The predicted octanol–water partition coefficient (Wildman–Crippen LogP) is 2.00. The van der Waals surface area contributed by atoms with E-state index in [0.29, 0.717) is 0 Å². The second-order valence-electron chi connectivity index (χ2n) is 1.37. The minimum absolute atomic E-state index is 0.0226. The van der Waals surface area contributed by atoms with Gasteiger partial charge in [-0.2, -0.15) is 0 Å². The molecule has 0 unspecified atom stereocenters. The van der Waals surface area contributed by atoms with Gasteiger partial charge in [0.05, 0.1) is 0 Å². The summed E-state index contributed by atoms with van der Waals surface area (Å²) < 4.78 is 0.0226. The molecule has 0 heterocycles. The van der Waals surface area contributed by atoms with Gasteiger partial charge in [-0.25, -0.2) is 0 Å². The lowest BCUT2D eigenvalue weighted by Crippen LogP contribution is -1.96. The molecule has 0 aromatic heterocycles. The third-order valence-electron chi connectivity index (χ3n) is 0.533. The molecule has 7 heavy (non-hydrogen) atoms. The number of hydrogen-bond donors (Lipinski definition) is 0. The number of alkyl halides is 3. The molecule has 0 fully saturated rings. The molecule has 0 spiro atoms. The molecule has 0 nitrogen and oxygen atoms in total. The molecule has 0 radical (unpaired) electrons. The van der Waals surface area contributed by atoms with Gasteiger partial charge in [-0.1, -0.05) is 53.8 Å². The van der Waals surface area contributed by atoms with Crippen LogP contribution in [-0.2, 0) is 0 Å². The van der Waals surface area contributed by atoms with Gasteiger partial charge >= 0.3 is 0 Å². The molecule has 4 heteroatoms. The molecule has 44 valence electrons. The fourth-order valence-corrected chi connectivity index (χ4v) is 4.42. The lowest BCUT2D eigenvalue weighted by atomic mass is 10.6. The highest BCUT2D eigenvalue weighted by Crippen LogP contribution is 2.37. The van der Waals surface area contributed by atoms with Crippen molar-refractivity contribution in [3.8, 4) is 0 Å². The van der Waals surface area contributed by atoms with Gasteiger partial charge < -0.3 is 0 Å². The third kappa shape index (κ3) is 7.66. The first-order valence-corrected chi connectivity index (χ1v) is 5.92. The SMILES string of the molecule is [SiH3]CCC(Br)(Br)Br. The van der Waals surface area contributed by atoms with Crippen LogP contribution in [0.2, 0.25) is 6.04 Å². The number of rotatable bonds is 1. The molecule has 0 aliphatic rings. The average Bonchev–Trinajstić information content (AvgIpc) is 1.30. The number of halogens is 3. The van der Waals surface area contributed by atoms with Crippen LogP contribution in [-0.4, -0.2) is 12.4 Å². The van der Waals surface area contributed by atoms with Gasteiger partial charge in [-0.05, 0) is 6.42 Å². The Morgan fingerprint density at radius 2 is 1.71 bits per heavy atom. The maximum Gasteiger partial charge on any atom is 0.134 e. The largest absolute Gasteiger partial charge is 0.134 e. The minimum atomic E-state index is 0.0226. The maximum atomic E-state index is 3.39. The zero-order chi connectivity index (χ0) is 5.91. The standard InChI is InChI=1S/C3H7Br3Si/c4-3(5,6)1-2-7/h1-2H2,7H3. The van der Waals surface area contributed by atoms with Gasteiger partial charge in [0.25, 0.3) is 0 Å². The van der Waals surface area contributed by atoms with Crippen molar-refractivity contribution < 1.29 is 0 Å². The molecule has 0 aromatic rings. The normalized spacial score (nSPS) is 12.4. The van der Waals surface area contributed by atoms with Crippen LogP contribution in [0.1, 0.15) is 6.42 Å². The Labute approximate surface area is 72.2 Å². The van der Waals surface area contributed by atoms with Gasteiger partial charge in [0.2, 0.25) is 0 Å². The van der Waals surface area contributed by atoms with Crippen LogP contribution in [0.4, 0.5) is 0 Å². The summed E-state index contributed by atoms with van der Waals surface area (Å²) in [6.45, 7) is 0. The van der Waals surface area contributed by atoms with Crippen LogP contribution >= 0.6 is 47.8 Å². The van der Waals surface area contributed by atoms with Crippen molar-refractivity contribution in [1.29, 1.82) is 0 Å². The number of hydrogen-bond acceptors (Lipinski definition) is 0. The molecular weight excluding hydrogens is 304 g/mol. The monoisotopic (exact) mass is 308 g/mol. The summed E-state index contributed by atoms with van der Waals surface area (Å²) in [4.78, 5) is 0. The van der Waals surface area contributed by atoms with Crippen LogP contribution in [0.5, 0.6) is 0 Å². The second-order valence-corrected chi connectivity index (χ2v) is 9.62. The van der Waals surface area contributed by atoms with Crippen molar-refractivity contribution in [3.05, 3.63) is 0 Å². The lowest BCUT2D eigenvalue weighted by molar-refractivity contribution is 1.04. The van der Waals surface area contributed by atoms with E-state index in [0.717, 1.165) is 6.42 Å². The van der Waals surface area contributed by atoms with E-state index in [1.807, 2.05) is 0 Å². The Morgan fingerprint density at radius 3 is 1.71 bits per heavy atom. The first-order chi connectivity index (χ1) is 3.06. The molecule has 0 saturated heterocycles. The highest BCUT2D eigenvalue weighted by molar-refractivity contribution is 9.39. The summed E-state index contributed by atoms with van der Waals surface area (Å²) in [6, 6.07) is 1.31. The highest BCUT2D eigenvalue weighted by Gasteiger charge is 2.14. The van der Waals surface area contributed by atoms with E-state index in [-0.39, 0.29) is 2.14 Å². The van der Waals surface area contributed by atoms with Crippen LogP contribution in [0.15, 0.2) is 0 Å². The molecule has 0 atom stereocenters. The molecule has 0 amide bonds. The van der Waals surface area contributed by atoms with Crippen molar-refractivity contribution in [1.82, 2.24) is 0 Å². The Kier molecular flexibility index (Phi) is 4.50. The van der Waals surface area contributed by atoms with E-state index in [4.69, 9.17) is 0 Å². The Morgan fingerprint density at radius 1 is 1.29 bits per heavy atom. The Hall–Kier alpha value is 1.66. The van der Waals surface area contributed by atoms with Gasteiger partial charge in [-0.3, -0.25) is 0 Å². The molecule has 0 N–H and O–H groups in total. The quantitative estimate of drug-likeness (QED) is 0.513. The predicted molar refractivity (Wildman–Crippen MR) is 48.9 cm³/mol. The third-order valence-corrected chi connectivity index (χ3v) is 2.22. The zero-order valence-corrected chi connectivity index (χ0v) is 10.8. The summed E-state index contributed by atoms with van der Waals surface area (Å²) in [7, 11) is 1.28. The van der Waals surface area contributed by atoms with Crippen LogP contribution in [0, 0.1) is 0 Å². The summed E-state index contributed by atoms with van der Waals surface area (Å²) in [6.07, 6.45) is 1.15. The summed E-state index contributed by atoms with van der Waals surface area (Å²) >= 11 is 10.2. The van der Waals surface area contributed by atoms with E-state index in [9.17, 15) is 0 Å². The maximum absolute atomic E-state index is 3.39. The van der Waals surface area contributed by atoms with Crippen molar-refractivity contribution in [2.24, 2.45) is 0 Å². The summed E-state index contributed by atoms with van der Waals surface area (Å²) in [5.74, 6) is 0. The molecular formula is C3H7Br3Si. The van der Waals surface area contributed by atoms with Gasteiger partial charge in [-0.15, -0.1) is 0 Å². The van der Waals surface area contributed by atoms with Crippen LogP contribution in [0.3, 0.4) is 0 Å². The average molecular weight is 311 g/mol. The molecule has 0 saturated carbocycles. The van der Waals surface area contributed by atoms with Crippen LogP contribution in [0.25, 0.3) is 0 Å². The van der Waals surface area contributed by atoms with E-state index < -0.39 is 0 Å². The van der Waals surface area contributed by atoms with Crippen molar-refractivity contribution in [3.63, 3.8) is 0 Å². The highest BCUT2D eigenvalue weighted by atomic mass is 80.0. The van der Waals surface area contributed by atoms with E-state index in [2.05, 4.69) is 47.8 Å². The van der Waals surface area contributed by atoms with Crippen molar-refractivity contribution in [2.75, 3.05) is 0 Å². The van der Waals surface area contributed by atoms with Gasteiger partial charge in [0.15, 0.2) is 0 Å².